The lowest BCUT2D eigenvalue weighted by Crippen LogP contribution is -2.01. The fourth-order valence-corrected chi connectivity index (χ4v) is 2.16. The van der Waals surface area contributed by atoms with E-state index in [1.165, 1.54) is 18.4 Å². The van der Waals surface area contributed by atoms with Crippen LogP contribution in [0.3, 0.4) is 0 Å². The number of hydrogen-bond donors (Lipinski definition) is 0. The number of rotatable bonds is 2. The van der Waals surface area contributed by atoms with Gasteiger partial charge in [0.15, 0.2) is 5.69 Å². The molecule has 0 aliphatic heterocycles. The number of carbonyl (C=O) groups excluding carboxylic acids is 1. The highest BCUT2D eigenvalue weighted by Gasteiger charge is 2.14. The van der Waals surface area contributed by atoms with Crippen molar-refractivity contribution in [3.05, 3.63) is 23.0 Å². The van der Waals surface area contributed by atoms with E-state index in [1.807, 2.05) is 14.0 Å². The average molecular weight is 237 g/mol. The third kappa shape index (κ3) is 1.71. The summed E-state index contributed by atoms with van der Waals surface area (Å²) in [5.41, 5.74) is 2.30. The summed E-state index contributed by atoms with van der Waals surface area (Å²) >= 11 is 1.41. The molecule has 0 aromatic carbocycles. The molecule has 0 atom stereocenters. The van der Waals surface area contributed by atoms with Gasteiger partial charge in [0.25, 0.3) is 0 Å². The molecule has 0 bridgehead atoms. The van der Waals surface area contributed by atoms with Crippen molar-refractivity contribution in [2.45, 2.75) is 6.92 Å². The number of aromatic nitrogens is 3. The van der Waals surface area contributed by atoms with Crippen LogP contribution >= 0.6 is 11.3 Å². The second-order valence-electron chi connectivity index (χ2n) is 3.30. The van der Waals surface area contributed by atoms with Crippen LogP contribution in [0.5, 0.6) is 0 Å². The van der Waals surface area contributed by atoms with Crippen LogP contribution in [0.1, 0.15) is 16.2 Å². The number of esters is 1. The van der Waals surface area contributed by atoms with Gasteiger partial charge in [-0.2, -0.15) is 5.10 Å². The van der Waals surface area contributed by atoms with Gasteiger partial charge >= 0.3 is 5.97 Å². The van der Waals surface area contributed by atoms with Gasteiger partial charge in [-0.05, 0) is 6.92 Å². The number of carbonyl (C=O) groups is 1. The van der Waals surface area contributed by atoms with Crippen molar-refractivity contribution in [1.29, 1.82) is 0 Å². The Balaban J connectivity index is 2.39. The zero-order valence-corrected chi connectivity index (χ0v) is 10.0. The van der Waals surface area contributed by atoms with Gasteiger partial charge in [-0.25, -0.2) is 9.78 Å². The topological polar surface area (TPSA) is 57.0 Å². The SMILES string of the molecule is COC(=O)c1csc(-c2cnn(C)c2C)n1. The first-order valence-electron chi connectivity index (χ1n) is 4.66. The van der Waals surface area contributed by atoms with Gasteiger partial charge in [-0.3, -0.25) is 4.68 Å². The molecule has 2 heterocycles. The summed E-state index contributed by atoms with van der Waals surface area (Å²) in [6, 6.07) is 0. The molecule has 0 unspecified atom stereocenters. The van der Waals surface area contributed by atoms with E-state index in [0.29, 0.717) is 5.69 Å². The maximum Gasteiger partial charge on any atom is 0.357 e. The molecule has 16 heavy (non-hydrogen) atoms. The summed E-state index contributed by atoms with van der Waals surface area (Å²) in [6.45, 7) is 1.96. The number of methoxy groups -OCH3 is 1. The van der Waals surface area contributed by atoms with Crippen molar-refractivity contribution < 1.29 is 9.53 Å². The summed E-state index contributed by atoms with van der Waals surface area (Å²) in [6.07, 6.45) is 1.75. The van der Waals surface area contributed by atoms with Crippen LogP contribution in [-0.4, -0.2) is 27.8 Å². The molecule has 2 aromatic heterocycles. The molecule has 0 amide bonds. The van der Waals surface area contributed by atoms with Gasteiger partial charge in [0.05, 0.1) is 18.9 Å². The lowest BCUT2D eigenvalue weighted by molar-refractivity contribution is 0.0595. The van der Waals surface area contributed by atoms with Crippen molar-refractivity contribution in [1.82, 2.24) is 14.8 Å². The quantitative estimate of drug-likeness (QED) is 0.745. The van der Waals surface area contributed by atoms with Crippen molar-refractivity contribution in [2.75, 3.05) is 7.11 Å². The van der Waals surface area contributed by atoms with E-state index in [0.717, 1.165) is 16.3 Å². The van der Waals surface area contributed by atoms with Crippen molar-refractivity contribution in [2.24, 2.45) is 7.05 Å². The molecule has 5 nitrogen and oxygen atoms in total. The van der Waals surface area contributed by atoms with Crippen LogP contribution in [0.2, 0.25) is 0 Å². The molecular weight excluding hydrogens is 226 g/mol. The molecule has 0 spiro atoms. The first-order valence-corrected chi connectivity index (χ1v) is 5.54. The average Bonchev–Trinajstić information content (AvgIpc) is 2.87. The van der Waals surface area contributed by atoms with Crippen LogP contribution < -0.4 is 0 Å². The molecule has 6 heteroatoms. The van der Waals surface area contributed by atoms with Gasteiger partial charge in [-0.15, -0.1) is 11.3 Å². The molecule has 0 radical (unpaired) electrons. The number of thiazole rings is 1. The third-order valence-corrected chi connectivity index (χ3v) is 3.24. The first-order chi connectivity index (χ1) is 7.63. The Morgan fingerprint density at radius 3 is 2.88 bits per heavy atom. The van der Waals surface area contributed by atoms with Crippen molar-refractivity contribution in [3.8, 4) is 10.6 Å². The highest BCUT2D eigenvalue weighted by molar-refractivity contribution is 7.13. The van der Waals surface area contributed by atoms with Crippen LogP contribution in [0, 0.1) is 6.92 Å². The summed E-state index contributed by atoms with van der Waals surface area (Å²) in [7, 11) is 3.21. The Kier molecular flexibility index (Phi) is 2.74. The number of aryl methyl sites for hydroxylation is 1. The van der Waals surface area contributed by atoms with Gasteiger partial charge in [0.2, 0.25) is 0 Å². The predicted octanol–water partition coefficient (Wildman–Crippen LogP) is 1.64. The van der Waals surface area contributed by atoms with Crippen LogP contribution in [0.25, 0.3) is 10.6 Å². The fourth-order valence-electron chi connectivity index (χ4n) is 1.30. The van der Waals surface area contributed by atoms with Crippen LogP contribution in [-0.2, 0) is 11.8 Å². The number of ether oxygens (including phenoxy) is 1. The van der Waals surface area contributed by atoms with Crippen molar-refractivity contribution in [3.63, 3.8) is 0 Å². The third-order valence-electron chi connectivity index (χ3n) is 2.36. The Morgan fingerprint density at radius 1 is 1.56 bits per heavy atom. The number of hydrogen-bond acceptors (Lipinski definition) is 5. The molecule has 84 valence electrons. The van der Waals surface area contributed by atoms with E-state index in [1.54, 1.807) is 16.3 Å². The van der Waals surface area contributed by atoms with Crippen molar-refractivity contribution >= 4 is 17.3 Å². The van der Waals surface area contributed by atoms with E-state index >= 15 is 0 Å². The van der Waals surface area contributed by atoms with Gasteiger partial charge in [0.1, 0.15) is 5.01 Å². The normalized spacial score (nSPS) is 10.4. The molecule has 2 rings (SSSR count). The van der Waals surface area contributed by atoms with E-state index in [9.17, 15) is 4.79 Å². The summed E-state index contributed by atoms with van der Waals surface area (Å²) in [4.78, 5) is 15.5. The largest absolute Gasteiger partial charge is 0.464 e. The fraction of sp³-hybridized carbons (Fsp3) is 0.300. The molecule has 0 fully saturated rings. The maximum atomic E-state index is 11.2. The standard InChI is InChI=1S/C10H11N3O2S/c1-6-7(4-11-13(6)2)9-12-8(5-16-9)10(14)15-3/h4-5H,1-3H3. The number of nitrogens with zero attached hydrogens (tertiary/aromatic N) is 3. The molecule has 0 aliphatic carbocycles. The summed E-state index contributed by atoms with van der Waals surface area (Å²) in [5.74, 6) is -0.413. The minimum atomic E-state index is -0.413. The molecule has 0 saturated heterocycles. The smallest absolute Gasteiger partial charge is 0.357 e. The molecule has 0 aliphatic rings. The van der Waals surface area contributed by atoms with E-state index in [2.05, 4.69) is 14.8 Å². The second kappa shape index (κ2) is 4.05. The molecule has 0 N–H and O–H groups in total. The highest BCUT2D eigenvalue weighted by atomic mass is 32.1. The maximum absolute atomic E-state index is 11.2. The Bertz CT molecular complexity index is 530. The first kappa shape index (κ1) is 10.8. The molecule has 2 aromatic rings. The van der Waals surface area contributed by atoms with Gasteiger partial charge in [-0.1, -0.05) is 0 Å². The minimum Gasteiger partial charge on any atom is -0.464 e. The van der Waals surface area contributed by atoms with E-state index in [4.69, 9.17) is 0 Å². The Morgan fingerprint density at radius 2 is 2.31 bits per heavy atom. The van der Waals surface area contributed by atoms with Crippen LogP contribution in [0.4, 0.5) is 0 Å². The lowest BCUT2D eigenvalue weighted by atomic mass is 10.3. The Hall–Kier alpha value is -1.69. The highest BCUT2D eigenvalue weighted by Crippen LogP contribution is 2.26. The van der Waals surface area contributed by atoms with E-state index < -0.39 is 5.97 Å². The summed E-state index contributed by atoms with van der Waals surface area (Å²) < 4.78 is 6.38. The van der Waals surface area contributed by atoms with Gasteiger partial charge in [0, 0.05) is 18.1 Å². The zero-order chi connectivity index (χ0) is 11.7. The Labute approximate surface area is 96.7 Å². The summed E-state index contributed by atoms with van der Waals surface area (Å²) in [5, 5.41) is 6.61. The van der Waals surface area contributed by atoms with Crippen LogP contribution in [0.15, 0.2) is 11.6 Å². The molecular formula is C10H11N3O2S. The van der Waals surface area contributed by atoms with E-state index in [-0.39, 0.29) is 0 Å². The minimum absolute atomic E-state index is 0.339. The molecule has 0 saturated carbocycles. The van der Waals surface area contributed by atoms with Gasteiger partial charge < -0.3 is 4.74 Å². The lowest BCUT2D eigenvalue weighted by Gasteiger charge is -1.95. The second-order valence-corrected chi connectivity index (χ2v) is 4.15. The monoisotopic (exact) mass is 237 g/mol. The zero-order valence-electron chi connectivity index (χ0n) is 9.22. The predicted molar refractivity (Wildman–Crippen MR) is 60.4 cm³/mol.